The molecule has 2 aromatic carbocycles. The zero-order valence-electron chi connectivity index (χ0n) is 17.6. The van der Waals surface area contributed by atoms with E-state index >= 15 is 0 Å². The van der Waals surface area contributed by atoms with Gasteiger partial charge in [-0.3, -0.25) is 9.10 Å². The number of rotatable bonds is 10. The third kappa shape index (κ3) is 5.64. The largest absolute Gasteiger partial charge is 0.495 e. The number of ether oxygens (including phenoxy) is 1. The fourth-order valence-electron chi connectivity index (χ4n) is 3.11. The van der Waals surface area contributed by atoms with Crippen molar-refractivity contribution in [2.75, 3.05) is 24.5 Å². The van der Waals surface area contributed by atoms with Crippen molar-refractivity contribution in [3.05, 3.63) is 72.8 Å². The number of hydrogen-bond acceptors (Lipinski definition) is 5. The highest BCUT2D eigenvalue weighted by atomic mass is 32.2. The maximum absolute atomic E-state index is 13.5. The summed E-state index contributed by atoms with van der Waals surface area (Å²) in [7, 11) is -2.63. The Morgan fingerprint density at radius 1 is 1.19 bits per heavy atom. The van der Waals surface area contributed by atoms with E-state index in [2.05, 4.69) is 10.3 Å². The molecule has 31 heavy (non-hydrogen) atoms. The summed E-state index contributed by atoms with van der Waals surface area (Å²) in [5.74, 6) is -0.156. The molecular formula is C22H26N4O4S. The lowest BCUT2D eigenvalue weighted by atomic mass is 10.2. The quantitative estimate of drug-likeness (QED) is 0.487. The smallest absolute Gasteiger partial charge is 0.268 e. The molecule has 0 atom stereocenters. The third-order valence-corrected chi connectivity index (χ3v) is 6.49. The Balaban J connectivity index is 1.79. The van der Waals surface area contributed by atoms with E-state index in [1.165, 1.54) is 7.11 Å². The summed E-state index contributed by atoms with van der Waals surface area (Å²) in [5.41, 5.74) is 1.18. The third-order valence-electron chi connectivity index (χ3n) is 4.69. The highest BCUT2D eigenvalue weighted by Crippen LogP contribution is 2.30. The van der Waals surface area contributed by atoms with E-state index in [1.807, 2.05) is 10.8 Å². The lowest BCUT2D eigenvalue weighted by molar-refractivity contribution is -0.119. The van der Waals surface area contributed by atoms with E-state index in [0.717, 1.165) is 9.87 Å². The van der Waals surface area contributed by atoms with Crippen LogP contribution in [0.25, 0.3) is 0 Å². The monoisotopic (exact) mass is 442 g/mol. The van der Waals surface area contributed by atoms with Crippen LogP contribution in [0.5, 0.6) is 5.75 Å². The van der Waals surface area contributed by atoms with Crippen LogP contribution in [-0.4, -0.2) is 44.1 Å². The number of anilines is 1. The van der Waals surface area contributed by atoms with E-state index in [1.54, 1.807) is 68.0 Å². The van der Waals surface area contributed by atoms with Gasteiger partial charge in [-0.15, -0.1) is 0 Å². The van der Waals surface area contributed by atoms with Crippen LogP contribution in [0.4, 0.5) is 5.69 Å². The van der Waals surface area contributed by atoms with Gasteiger partial charge in [0.05, 0.1) is 19.1 Å². The fraction of sp³-hybridized carbons (Fsp3) is 0.273. The average Bonchev–Trinajstić information content (AvgIpc) is 3.29. The first kappa shape index (κ1) is 22.4. The van der Waals surface area contributed by atoms with Gasteiger partial charge >= 0.3 is 0 Å². The second-order valence-electron chi connectivity index (χ2n) is 7.01. The number of methoxy groups -OCH3 is 1. The van der Waals surface area contributed by atoms with Crippen LogP contribution in [-0.2, 0) is 21.4 Å². The summed E-state index contributed by atoms with van der Waals surface area (Å²) in [6, 6.07) is 13.5. The van der Waals surface area contributed by atoms with Gasteiger partial charge in [-0.25, -0.2) is 13.4 Å². The fourth-order valence-corrected chi connectivity index (χ4v) is 4.77. The van der Waals surface area contributed by atoms with E-state index < -0.39 is 10.0 Å². The van der Waals surface area contributed by atoms with E-state index in [0.29, 0.717) is 25.2 Å². The SMILES string of the molecule is COc1ccc(C)cc1S(=O)(=O)N(CC(=O)NCCCn1ccnc1)c1ccccc1. The number of imidazole rings is 1. The number of hydrogen-bond donors (Lipinski definition) is 1. The van der Waals surface area contributed by atoms with E-state index in [4.69, 9.17) is 4.74 Å². The zero-order chi connectivity index (χ0) is 22.3. The normalized spacial score (nSPS) is 11.2. The molecule has 3 aromatic rings. The lowest BCUT2D eigenvalue weighted by Gasteiger charge is -2.25. The molecule has 0 aliphatic rings. The van der Waals surface area contributed by atoms with Gasteiger partial charge in [0.25, 0.3) is 10.0 Å². The molecule has 9 heteroatoms. The van der Waals surface area contributed by atoms with Gasteiger partial charge in [-0.2, -0.15) is 0 Å². The number of sulfonamides is 1. The van der Waals surface area contributed by atoms with Crippen molar-refractivity contribution < 1.29 is 17.9 Å². The number of carbonyl (C=O) groups excluding carboxylic acids is 1. The minimum atomic E-state index is -4.05. The summed E-state index contributed by atoms with van der Waals surface area (Å²) in [6.07, 6.45) is 5.95. The van der Waals surface area contributed by atoms with Crippen molar-refractivity contribution in [1.82, 2.24) is 14.9 Å². The number of aryl methyl sites for hydroxylation is 2. The van der Waals surface area contributed by atoms with Crippen molar-refractivity contribution in [2.24, 2.45) is 0 Å². The van der Waals surface area contributed by atoms with E-state index in [9.17, 15) is 13.2 Å². The average molecular weight is 443 g/mol. The van der Waals surface area contributed by atoms with Crippen LogP contribution in [0.1, 0.15) is 12.0 Å². The predicted molar refractivity (Wildman–Crippen MR) is 119 cm³/mol. The maximum atomic E-state index is 13.5. The molecule has 0 spiro atoms. The van der Waals surface area contributed by atoms with Gasteiger partial charge < -0.3 is 14.6 Å². The summed E-state index contributed by atoms with van der Waals surface area (Å²) in [6.45, 7) is 2.60. The molecule has 3 rings (SSSR count). The number of benzene rings is 2. The Morgan fingerprint density at radius 3 is 2.65 bits per heavy atom. The molecule has 0 radical (unpaired) electrons. The number of aromatic nitrogens is 2. The topological polar surface area (TPSA) is 93.5 Å². The molecule has 1 heterocycles. The lowest BCUT2D eigenvalue weighted by Crippen LogP contribution is -2.41. The molecule has 0 aliphatic carbocycles. The Morgan fingerprint density at radius 2 is 1.97 bits per heavy atom. The number of amides is 1. The highest BCUT2D eigenvalue weighted by molar-refractivity contribution is 7.93. The second-order valence-corrected chi connectivity index (χ2v) is 8.84. The first-order valence-electron chi connectivity index (χ1n) is 9.86. The van der Waals surface area contributed by atoms with Gasteiger partial charge in [0.15, 0.2) is 0 Å². The molecule has 1 N–H and O–H groups in total. The highest BCUT2D eigenvalue weighted by Gasteiger charge is 2.30. The number of nitrogens with zero attached hydrogens (tertiary/aromatic N) is 3. The minimum Gasteiger partial charge on any atom is -0.495 e. The standard InChI is InChI=1S/C22H26N4O4S/c1-18-9-10-20(30-2)21(15-18)31(28,29)26(19-7-4-3-5-8-19)16-22(27)24-11-6-13-25-14-12-23-17-25/h3-5,7-10,12,14-15,17H,6,11,13,16H2,1-2H3,(H,24,27). The molecule has 0 saturated heterocycles. The summed E-state index contributed by atoms with van der Waals surface area (Å²) in [5, 5.41) is 2.80. The zero-order valence-corrected chi connectivity index (χ0v) is 18.4. The van der Waals surface area contributed by atoms with Crippen LogP contribution in [0.15, 0.2) is 72.1 Å². The van der Waals surface area contributed by atoms with Crippen molar-refractivity contribution >= 4 is 21.6 Å². The van der Waals surface area contributed by atoms with Crippen LogP contribution in [0, 0.1) is 6.92 Å². The van der Waals surface area contributed by atoms with E-state index in [-0.39, 0.29) is 23.1 Å². The number of para-hydroxylation sites is 1. The predicted octanol–water partition coefficient (Wildman–Crippen LogP) is 2.60. The Bertz CT molecular complexity index is 1100. The van der Waals surface area contributed by atoms with Crippen LogP contribution in [0.2, 0.25) is 0 Å². The molecule has 164 valence electrons. The molecule has 0 bridgehead atoms. The number of carbonyl (C=O) groups is 1. The van der Waals surface area contributed by atoms with Gasteiger partial charge in [0.2, 0.25) is 5.91 Å². The van der Waals surface area contributed by atoms with Crippen molar-refractivity contribution in [3.8, 4) is 5.75 Å². The number of nitrogens with one attached hydrogen (secondary N) is 1. The minimum absolute atomic E-state index is 0.0201. The first-order chi connectivity index (χ1) is 14.9. The van der Waals surface area contributed by atoms with Crippen LogP contribution < -0.4 is 14.4 Å². The van der Waals surface area contributed by atoms with Gasteiger partial charge in [0.1, 0.15) is 17.2 Å². The molecule has 8 nitrogen and oxygen atoms in total. The van der Waals surface area contributed by atoms with Crippen molar-refractivity contribution in [3.63, 3.8) is 0 Å². The molecule has 1 aromatic heterocycles. The van der Waals surface area contributed by atoms with Gasteiger partial charge in [-0.1, -0.05) is 24.3 Å². The molecular weight excluding hydrogens is 416 g/mol. The molecule has 1 amide bonds. The van der Waals surface area contributed by atoms with Crippen molar-refractivity contribution in [2.45, 2.75) is 24.8 Å². The van der Waals surface area contributed by atoms with Gasteiger partial charge in [-0.05, 0) is 43.2 Å². The second kappa shape index (κ2) is 10.1. The Hall–Kier alpha value is -3.33. The Kier molecular flexibility index (Phi) is 7.30. The molecule has 0 saturated carbocycles. The van der Waals surface area contributed by atoms with Gasteiger partial charge in [0, 0.05) is 25.5 Å². The van der Waals surface area contributed by atoms with Crippen LogP contribution in [0.3, 0.4) is 0 Å². The Labute approximate surface area is 182 Å². The molecule has 0 unspecified atom stereocenters. The maximum Gasteiger partial charge on any atom is 0.268 e. The van der Waals surface area contributed by atoms with Crippen molar-refractivity contribution in [1.29, 1.82) is 0 Å². The van der Waals surface area contributed by atoms with Crippen LogP contribution >= 0.6 is 0 Å². The molecule has 0 fully saturated rings. The summed E-state index contributed by atoms with van der Waals surface area (Å²) in [4.78, 5) is 16.6. The summed E-state index contributed by atoms with van der Waals surface area (Å²) >= 11 is 0. The summed E-state index contributed by atoms with van der Waals surface area (Å²) < 4.78 is 35.4. The first-order valence-corrected chi connectivity index (χ1v) is 11.3. The molecule has 0 aliphatic heterocycles.